The van der Waals surface area contributed by atoms with Crippen LogP contribution in [0.5, 0.6) is 5.75 Å². The fourth-order valence-electron chi connectivity index (χ4n) is 2.75. The lowest BCUT2D eigenvalue weighted by Gasteiger charge is -2.28. The highest BCUT2D eigenvalue weighted by molar-refractivity contribution is 5.93. The van der Waals surface area contributed by atoms with Crippen molar-refractivity contribution in [2.24, 2.45) is 10.9 Å². The largest absolute Gasteiger partial charge is 0.497 e. The van der Waals surface area contributed by atoms with Gasteiger partial charge < -0.3 is 15.0 Å². The molecule has 1 aliphatic heterocycles. The first-order chi connectivity index (χ1) is 10.7. The number of ether oxygens (including phenoxy) is 1. The summed E-state index contributed by atoms with van der Waals surface area (Å²) in [6.07, 6.45) is 6.78. The van der Waals surface area contributed by atoms with Crippen LogP contribution < -0.4 is 10.1 Å². The van der Waals surface area contributed by atoms with Gasteiger partial charge in [-0.15, -0.1) is 0 Å². The molecule has 0 spiro atoms. The molecule has 22 heavy (non-hydrogen) atoms. The van der Waals surface area contributed by atoms with Crippen LogP contribution >= 0.6 is 0 Å². The fraction of sp³-hybridized carbons (Fsp3) is 0.500. The van der Waals surface area contributed by atoms with Gasteiger partial charge in [0.2, 0.25) is 0 Å². The average Bonchev–Trinajstić information content (AvgIpc) is 3.38. The van der Waals surface area contributed by atoms with Crippen molar-refractivity contribution in [3.63, 3.8) is 0 Å². The standard InChI is InChI=1S/C18H25N3O/c1-13(2)21-10-9-17(19-12-21)20-18(14-7-8-14)15-5-4-6-16(11-15)22-3/h4-6,9-11,13-14,18H,7-8,12H2,1-3H3,(H,19,20). The molecule has 0 bridgehead atoms. The Balaban J connectivity index is 1.72. The summed E-state index contributed by atoms with van der Waals surface area (Å²) >= 11 is 0. The Labute approximate surface area is 132 Å². The van der Waals surface area contributed by atoms with Gasteiger partial charge in [-0.05, 0) is 56.4 Å². The lowest BCUT2D eigenvalue weighted by atomic mass is 10.0. The molecule has 1 aromatic carbocycles. The van der Waals surface area contributed by atoms with Crippen molar-refractivity contribution in [1.29, 1.82) is 0 Å². The van der Waals surface area contributed by atoms with Gasteiger partial charge in [0.05, 0.1) is 13.2 Å². The number of hydrogen-bond donors (Lipinski definition) is 1. The number of nitrogens with one attached hydrogen (secondary N) is 1. The van der Waals surface area contributed by atoms with Crippen molar-refractivity contribution in [3.05, 3.63) is 42.1 Å². The molecule has 4 nitrogen and oxygen atoms in total. The van der Waals surface area contributed by atoms with E-state index in [0.717, 1.165) is 18.3 Å². The van der Waals surface area contributed by atoms with Gasteiger partial charge >= 0.3 is 0 Å². The second-order valence-corrected chi connectivity index (χ2v) is 6.34. The Morgan fingerprint density at radius 3 is 2.73 bits per heavy atom. The molecule has 1 heterocycles. The summed E-state index contributed by atoms with van der Waals surface area (Å²) in [5.41, 5.74) is 1.28. The highest BCUT2D eigenvalue weighted by Crippen LogP contribution is 2.41. The summed E-state index contributed by atoms with van der Waals surface area (Å²) in [6.45, 7) is 5.09. The maximum Gasteiger partial charge on any atom is 0.124 e. The van der Waals surface area contributed by atoms with Gasteiger partial charge in [-0.25, -0.2) is 4.99 Å². The third kappa shape index (κ3) is 3.43. The molecule has 1 aliphatic carbocycles. The highest BCUT2D eigenvalue weighted by atomic mass is 16.5. The van der Waals surface area contributed by atoms with Crippen LogP contribution in [0.3, 0.4) is 0 Å². The Morgan fingerprint density at radius 2 is 2.14 bits per heavy atom. The fourth-order valence-corrected chi connectivity index (χ4v) is 2.75. The highest BCUT2D eigenvalue weighted by Gasteiger charge is 2.33. The van der Waals surface area contributed by atoms with Gasteiger partial charge in [0, 0.05) is 12.2 Å². The molecule has 1 atom stereocenters. The first-order valence-corrected chi connectivity index (χ1v) is 8.06. The van der Waals surface area contributed by atoms with E-state index < -0.39 is 0 Å². The van der Waals surface area contributed by atoms with E-state index in [9.17, 15) is 0 Å². The predicted molar refractivity (Wildman–Crippen MR) is 90.0 cm³/mol. The van der Waals surface area contributed by atoms with Crippen molar-refractivity contribution >= 4 is 5.84 Å². The van der Waals surface area contributed by atoms with Crippen molar-refractivity contribution < 1.29 is 4.74 Å². The number of rotatable bonds is 5. The molecule has 1 aromatic rings. The van der Waals surface area contributed by atoms with Crippen molar-refractivity contribution in [2.75, 3.05) is 13.8 Å². The molecule has 0 amide bonds. The Hall–Kier alpha value is -1.97. The molecule has 0 saturated heterocycles. The van der Waals surface area contributed by atoms with Crippen molar-refractivity contribution in [3.8, 4) is 5.75 Å². The molecule has 1 unspecified atom stereocenters. The Bertz CT molecular complexity index is 575. The van der Waals surface area contributed by atoms with Gasteiger partial charge in [0.25, 0.3) is 0 Å². The number of aliphatic imine (C=N–C) groups is 1. The molecule has 0 aromatic heterocycles. The third-order valence-corrected chi connectivity index (χ3v) is 4.34. The van der Waals surface area contributed by atoms with Crippen molar-refractivity contribution in [2.45, 2.75) is 38.8 Å². The quantitative estimate of drug-likeness (QED) is 0.906. The third-order valence-electron chi connectivity index (χ3n) is 4.34. The molecular weight excluding hydrogens is 274 g/mol. The van der Waals surface area contributed by atoms with Crippen LogP contribution in [0.15, 0.2) is 41.5 Å². The summed E-state index contributed by atoms with van der Waals surface area (Å²) in [5.74, 6) is 2.60. The summed E-state index contributed by atoms with van der Waals surface area (Å²) in [7, 11) is 1.72. The van der Waals surface area contributed by atoms with E-state index in [1.807, 2.05) is 6.07 Å². The van der Waals surface area contributed by atoms with E-state index >= 15 is 0 Å². The number of benzene rings is 1. The molecule has 2 aliphatic rings. The minimum absolute atomic E-state index is 0.323. The summed E-state index contributed by atoms with van der Waals surface area (Å²) in [6, 6.07) is 9.16. The normalized spacial score (nSPS) is 19.1. The molecule has 1 saturated carbocycles. The second-order valence-electron chi connectivity index (χ2n) is 6.34. The molecule has 3 rings (SSSR count). The van der Waals surface area contributed by atoms with Gasteiger partial charge in [0.15, 0.2) is 0 Å². The SMILES string of the molecule is COc1cccc(C(NC2=NCN(C(C)C)C=C2)C2CC2)c1. The zero-order chi connectivity index (χ0) is 15.5. The van der Waals surface area contributed by atoms with E-state index in [1.165, 1.54) is 18.4 Å². The minimum Gasteiger partial charge on any atom is -0.497 e. The maximum absolute atomic E-state index is 5.36. The maximum atomic E-state index is 5.36. The van der Waals surface area contributed by atoms with E-state index in [0.29, 0.717) is 18.0 Å². The van der Waals surface area contributed by atoms with Crippen LogP contribution in [0.4, 0.5) is 0 Å². The van der Waals surface area contributed by atoms with Crippen molar-refractivity contribution in [1.82, 2.24) is 10.2 Å². The van der Waals surface area contributed by atoms with Gasteiger partial charge in [-0.2, -0.15) is 0 Å². The molecular formula is C18H25N3O. The summed E-state index contributed by atoms with van der Waals surface area (Å²) < 4.78 is 5.36. The first kappa shape index (κ1) is 14.9. The zero-order valence-corrected chi connectivity index (χ0v) is 13.6. The zero-order valence-electron chi connectivity index (χ0n) is 13.6. The topological polar surface area (TPSA) is 36.9 Å². The lowest BCUT2D eigenvalue weighted by Crippen LogP contribution is -2.35. The smallest absolute Gasteiger partial charge is 0.124 e. The second kappa shape index (κ2) is 6.42. The van der Waals surface area contributed by atoms with E-state index in [-0.39, 0.29) is 0 Å². The van der Waals surface area contributed by atoms with Crippen LogP contribution in [0, 0.1) is 5.92 Å². The van der Waals surface area contributed by atoms with E-state index in [2.05, 4.69) is 59.5 Å². The van der Waals surface area contributed by atoms with Crippen LogP contribution in [0.25, 0.3) is 0 Å². The van der Waals surface area contributed by atoms with Crippen LogP contribution in [0.2, 0.25) is 0 Å². The molecule has 118 valence electrons. The molecule has 1 N–H and O–H groups in total. The van der Waals surface area contributed by atoms with Gasteiger partial charge in [-0.1, -0.05) is 12.1 Å². The molecule has 0 radical (unpaired) electrons. The van der Waals surface area contributed by atoms with Gasteiger partial charge in [-0.3, -0.25) is 0 Å². The number of methoxy groups -OCH3 is 1. The average molecular weight is 299 g/mol. The number of hydrogen-bond acceptors (Lipinski definition) is 4. The predicted octanol–water partition coefficient (Wildman–Crippen LogP) is 3.33. The van der Waals surface area contributed by atoms with Gasteiger partial charge in [0.1, 0.15) is 18.3 Å². The monoisotopic (exact) mass is 299 g/mol. The number of nitrogens with zero attached hydrogens (tertiary/aromatic N) is 2. The Morgan fingerprint density at radius 1 is 1.32 bits per heavy atom. The number of amidine groups is 1. The van der Waals surface area contributed by atoms with Crippen LogP contribution in [-0.4, -0.2) is 30.6 Å². The first-order valence-electron chi connectivity index (χ1n) is 8.06. The van der Waals surface area contributed by atoms with Crippen LogP contribution in [-0.2, 0) is 0 Å². The van der Waals surface area contributed by atoms with E-state index in [4.69, 9.17) is 4.74 Å². The summed E-state index contributed by atoms with van der Waals surface area (Å²) in [4.78, 5) is 6.89. The lowest BCUT2D eigenvalue weighted by molar-refractivity contribution is 0.317. The molecule has 1 fully saturated rings. The minimum atomic E-state index is 0.323. The summed E-state index contributed by atoms with van der Waals surface area (Å²) in [5, 5.41) is 3.63. The van der Waals surface area contributed by atoms with Crippen LogP contribution in [0.1, 0.15) is 38.3 Å². The molecule has 4 heteroatoms. The van der Waals surface area contributed by atoms with E-state index in [1.54, 1.807) is 7.11 Å². The Kier molecular flexibility index (Phi) is 4.36.